The molecule has 0 aromatic heterocycles. The zero-order valence-corrected chi connectivity index (χ0v) is 8.92. The lowest BCUT2D eigenvalue weighted by molar-refractivity contribution is 0.0593. The van der Waals surface area contributed by atoms with Gasteiger partial charge in [-0.05, 0) is 18.1 Å². The van der Waals surface area contributed by atoms with Crippen molar-refractivity contribution in [2.24, 2.45) is 0 Å². The molecule has 0 saturated heterocycles. The van der Waals surface area contributed by atoms with Gasteiger partial charge in [0.05, 0.1) is 0 Å². The van der Waals surface area contributed by atoms with E-state index < -0.39 is 19.7 Å². The van der Waals surface area contributed by atoms with E-state index in [0.29, 0.717) is 5.56 Å². The molecule has 15 heavy (non-hydrogen) atoms. The first-order valence-corrected chi connectivity index (χ1v) is 5.83. The first-order valence-electron chi connectivity index (χ1n) is 4.22. The summed E-state index contributed by atoms with van der Waals surface area (Å²) >= 11 is 0. The Morgan fingerprint density at radius 3 is 2.33 bits per heavy atom. The first-order chi connectivity index (χ1) is 6.74. The van der Waals surface area contributed by atoms with Crippen LogP contribution in [0.1, 0.15) is 11.1 Å². The van der Waals surface area contributed by atoms with Crippen LogP contribution in [0.15, 0.2) is 24.3 Å². The SMILES string of the molecule is Cc1ccccc1CC(F)(F)P(=O)(O)O. The van der Waals surface area contributed by atoms with Crippen LogP contribution in [-0.4, -0.2) is 15.5 Å². The van der Waals surface area contributed by atoms with Gasteiger partial charge in [-0.2, -0.15) is 8.78 Å². The van der Waals surface area contributed by atoms with Gasteiger partial charge in [-0.15, -0.1) is 0 Å². The van der Waals surface area contributed by atoms with Crippen molar-refractivity contribution in [2.75, 3.05) is 0 Å². The lowest BCUT2D eigenvalue weighted by Crippen LogP contribution is -2.20. The fourth-order valence-corrected chi connectivity index (χ4v) is 1.52. The summed E-state index contributed by atoms with van der Waals surface area (Å²) in [5.74, 6) is 0. The molecule has 0 unspecified atom stereocenters. The maximum Gasteiger partial charge on any atom is 0.394 e. The highest BCUT2D eigenvalue weighted by Gasteiger charge is 2.48. The van der Waals surface area contributed by atoms with Gasteiger partial charge in [0.15, 0.2) is 0 Å². The summed E-state index contributed by atoms with van der Waals surface area (Å²) in [5, 5.41) is 0. The van der Waals surface area contributed by atoms with Crippen molar-refractivity contribution in [3.05, 3.63) is 35.4 Å². The summed E-state index contributed by atoms with van der Waals surface area (Å²) in [6.45, 7) is 1.62. The Kier molecular flexibility index (Phi) is 3.28. The highest BCUT2D eigenvalue weighted by molar-refractivity contribution is 7.53. The predicted octanol–water partition coefficient (Wildman–Crippen LogP) is 2.31. The van der Waals surface area contributed by atoms with E-state index in [1.54, 1.807) is 25.1 Å². The maximum absolute atomic E-state index is 13.0. The Labute approximate surface area is 85.9 Å². The Morgan fingerprint density at radius 1 is 1.33 bits per heavy atom. The van der Waals surface area contributed by atoms with Crippen molar-refractivity contribution in [3.8, 4) is 0 Å². The van der Waals surface area contributed by atoms with Gasteiger partial charge in [-0.3, -0.25) is 4.57 Å². The van der Waals surface area contributed by atoms with Crippen molar-refractivity contribution in [3.63, 3.8) is 0 Å². The highest BCUT2D eigenvalue weighted by atomic mass is 31.2. The van der Waals surface area contributed by atoms with Crippen LogP contribution < -0.4 is 0 Å². The molecule has 0 radical (unpaired) electrons. The molecule has 0 saturated carbocycles. The van der Waals surface area contributed by atoms with Gasteiger partial charge >= 0.3 is 13.3 Å². The molecule has 0 atom stereocenters. The fourth-order valence-electron chi connectivity index (χ4n) is 1.14. The Balaban J connectivity index is 2.97. The van der Waals surface area contributed by atoms with E-state index in [0.717, 1.165) is 0 Å². The average molecular weight is 236 g/mol. The van der Waals surface area contributed by atoms with Crippen LogP contribution >= 0.6 is 7.60 Å². The van der Waals surface area contributed by atoms with Crippen molar-refractivity contribution >= 4 is 7.60 Å². The minimum absolute atomic E-state index is 0.242. The normalized spacial score (nSPS) is 12.9. The number of halogens is 2. The van der Waals surface area contributed by atoms with Crippen molar-refractivity contribution in [1.82, 2.24) is 0 Å². The largest absolute Gasteiger partial charge is 0.394 e. The van der Waals surface area contributed by atoms with Gasteiger partial charge in [0.2, 0.25) is 0 Å². The summed E-state index contributed by atoms with van der Waals surface area (Å²) in [7, 11) is -5.39. The molecule has 0 spiro atoms. The molecule has 84 valence electrons. The molecule has 1 aromatic rings. The molecule has 0 aliphatic heterocycles. The van der Waals surface area contributed by atoms with Crippen LogP contribution in [0.25, 0.3) is 0 Å². The molecule has 6 heteroatoms. The molecule has 0 heterocycles. The van der Waals surface area contributed by atoms with Crippen molar-refractivity contribution in [2.45, 2.75) is 19.0 Å². The Morgan fingerprint density at radius 2 is 1.87 bits per heavy atom. The van der Waals surface area contributed by atoms with E-state index in [-0.39, 0.29) is 5.56 Å². The molecule has 0 fully saturated rings. The summed E-state index contributed by atoms with van der Waals surface area (Å²) in [6, 6.07) is 6.27. The molecular weight excluding hydrogens is 225 g/mol. The fraction of sp³-hybridized carbons (Fsp3) is 0.333. The average Bonchev–Trinajstić information content (AvgIpc) is 2.06. The van der Waals surface area contributed by atoms with Gasteiger partial charge in [0.25, 0.3) is 0 Å². The molecule has 2 N–H and O–H groups in total. The highest BCUT2D eigenvalue weighted by Crippen LogP contribution is 2.54. The molecule has 0 aliphatic carbocycles. The van der Waals surface area contributed by atoms with Gasteiger partial charge < -0.3 is 9.79 Å². The topological polar surface area (TPSA) is 57.5 Å². The number of alkyl halides is 2. The van der Waals surface area contributed by atoms with E-state index in [9.17, 15) is 13.3 Å². The lowest BCUT2D eigenvalue weighted by Gasteiger charge is -2.18. The smallest absolute Gasteiger partial charge is 0.320 e. The Hall–Kier alpha value is -0.770. The number of hydrogen-bond acceptors (Lipinski definition) is 1. The number of hydrogen-bond donors (Lipinski definition) is 2. The maximum atomic E-state index is 13.0. The molecule has 0 aliphatic rings. The van der Waals surface area contributed by atoms with E-state index in [1.807, 2.05) is 0 Å². The van der Waals surface area contributed by atoms with Crippen LogP contribution in [0.2, 0.25) is 0 Å². The molecule has 1 aromatic carbocycles. The van der Waals surface area contributed by atoms with Gasteiger partial charge in [0, 0.05) is 6.42 Å². The lowest BCUT2D eigenvalue weighted by atomic mass is 10.1. The summed E-state index contributed by atoms with van der Waals surface area (Å²) in [6.07, 6.45) is -0.941. The minimum atomic E-state index is -5.39. The van der Waals surface area contributed by atoms with E-state index in [4.69, 9.17) is 9.79 Å². The molecule has 0 bridgehead atoms. The van der Waals surface area contributed by atoms with Crippen molar-refractivity contribution < 1.29 is 23.1 Å². The third-order valence-electron chi connectivity index (χ3n) is 2.09. The third-order valence-corrected chi connectivity index (χ3v) is 3.10. The molecule has 1 rings (SSSR count). The molecular formula is C9H11F2O3P. The zero-order chi connectivity index (χ0) is 11.7. The summed E-state index contributed by atoms with van der Waals surface area (Å²) in [5.41, 5.74) is -3.17. The molecule has 0 amide bonds. The third kappa shape index (κ3) is 2.84. The van der Waals surface area contributed by atoms with E-state index in [1.165, 1.54) is 6.07 Å². The van der Waals surface area contributed by atoms with Crippen LogP contribution in [0.3, 0.4) is 0 Å². The Bertz CT molecular complexity index is 400. The second kappa shape index (κ2) is 4.00. The van der Waals surface area contributed by atoms with E-state index in [2.05, 4.69) is 0 Å². The predicted molar refractivity (Wildman–Crippen MR) is 51.9 cm³/mol. The standard InChI is InChI=1S/C9H11F2O3P/c1-7-4-2-3-5-8(7)6-9(10,11)15(12,13)14/h2-5H,6H2,1H3,(H2,12,13,14). The summed E-state index contributed by atoms with van der Waals surface area (Å²) in [4.78, 5) is 16.9. The second-order valence-corrected chi connectivity index (χ2v) is 5.06. The zero-order valence-electron chi connectivity index (χ0n) is 8.02. The minimum Gasteiger partial charge on any atom is -0.320 e. The van der Waals surface area contributed by atoms with Gasteiger partial charge in [-0.1, -0.05) is 24.3 Å². The number of aryl methyl sites for hydroxylation is 1. The number of rotatable bonds is 3. The first kappa shape index (κ1) is 12.3. The van der Waals surface area contributed by atoms with Crippen LogP contribution in [0.4, 0.5) is 8.78 Å². The second-order valence-electron chi connectivity index (χ2n) is 3.31. The molecule has 3 nitrogen and oxygen atoms in total. The monoisotopic (exact) mass is 236 g/mol. The van der Waals surface area contributed by atoms with Gasteiger partial charge in [-0.25, -0.2) is 0 Å². The number of benzene rings is 1. The quantitative estimate of drug-likeness (QED) is 0.791. The van der Waals surface area contributed by atoms with E-state index >= 15 is 0 Å². The van der Waals surface area contributed by atoms with Crippen LogP contribution in [0, 0.1) is 6.92 Å². The van der Waals surface area contributed by atoms with Crippen LogP contribution in [0.5, 0.6) is 0 Å². The van der Waals surface area contributed by atoms with Crippen LogP contribution in [-0.2, 0) is 11.0 Å². The van der Waals surface area contributed by atoms with Crippen molar-refractivity contribution in [1.29, 1.82) is 0 Å². The summed E-state index contributed by atoms with van der Waals surface area (Å²) < 4.78 is 36.6. The van der Waals surface area contributed by atoms with Gasteiger partial charge in [0.1, 0.15) is 0 Å².